The van der Waals surface area contributed by atoms with Gasteiger partial charge in [-0.05, 0) is 20.8 Å². The quantitative estimate of drug-likeness (QED) is 0.425. The number of hydrogen-bond donors (Lipinski definition) is 5. The number of nitrogens with one attached hydrogen (secondary N) is 2. The van der Waals surface area contributed by atoms with Crippen molar-refractivity contribution in [1.82, 2.24) is 10.6 Å². The van der Waals surface area contributed by atoms with Crippen LogP contribution in [0.2, 0.25) is 0 Å². The predicted octanol–water partition coefficient (Wildman–Crippen LogP) is -1.55. The van der Waals surface area contributed by atoms with Gasteiger partial charge in [-0.3, -0.25) is 10.1 Å². The molecule has 1 rings (SSSR count). The van der Waals surface area contributed by atoms with Crippen LogP contribution >= 0.6 is 0 Å². The minimum atomic E-state index is -1.42. The topological polar surface area (TPSA) is 137 Å². The number of carbonyl (C=O) groups excluding carboxylic acids is 2. The highest BCUT2D eigenvalue weighted by Crippen LogP contribution is 2.20. The predicted molar refractivity (Wildman–Crippen MR) is 74.7 cm³/mol. The maximum Gasteiger partial charge on any atom is 0.409 e. The van der Waals surface area contributed by atoms with Crippen LogP contribution in [-0.4, -0.2) is 70.1 Å². The van der Waals surface area contributed by atoms with Crippen molar-refractivity contribution in [3.63, 3.8) is 0 Å². The molecule has 1 aliphatic heterocycles. The van der Waals surface area contributed by atoms with Crippen LogP contribution in [0.15, 0.2) is 0 Å². The van der Waals surface area contributed by atoms with Crippen molar-refractivity contribution < 1.29 is 34.4 Å². The molecule has 1 fully saturated rings. The Labute approximate surface area is 128 Å². The van der Waals surface area contributed by atoms with Crippen LogP contribution in [0.4, 0.5) is 4.79 Å². The lowest BCUT2D eigenvalue weighted by Crippen LogP contribution is -2.68. The molecule has 9 nitrogen and oxygen atoms in total. The van der Waals surface area contributed by atoms with E-state index in [0.29, 0.717) is 0 Å². The SMILES string of the molecule is CC(=O)N[C@H]1C(NC(=O)OC(C)(C)C)O[C@H](CO)[C@@H](O)[C@@H]1O. The molecule has 1 aliphatic rings. The van der Waals surface area contributed by atoms with Crippen LogP contribution in [0.25, 0.3) is 0 Å². The molecular formula is C13H24N2O7. The zero-order valence-electron chi connectivity index (χ0n) is 13.1. The summed E-state index contributed by atoms with van der Waals surface area (Å²) in [6, 6.07) is -1.08. The Morgan fingerprint density at radius 2 is 1.77 bits per heavy atom. The van der Waals surface area contributed by atoms with Gasteiger partial charge in [-0.15, -0.1) is 0 Å². The molecule has 5 atom stereocenters. The van der Waals surface area contributed by atoms with Crippen molar-refractivity contribution in [1.29, 1.82) is 0 Å². The second-order valence-corrected chi connectivity index (χ2v) is 6.13. The Bertz CT molecular complexity index is 410. The second kappa shape index (κ2) is 7.23. The molecule has 0 spiro atoms. The summed E-state index contributed by atoms with van der Waals surface area (Å²) in [7, 11) is 0. The van der Waals surface area contributed by atoms with Gasteiger partial charge in [0.05, 0.1) is 6.61 Å². The van der Waals surface area contributed by atoms with Gasteiger partial charge in [0.15, 0.2) is 6.23 Å². The first-order chi connectivity index (χ1) is 10.0. The van der Waals surface area contributed by atoms with E-state index >= 15 is 0 Å². The van der Waals surface area contributed by atoms with Gasteiger partial charge in [0.25, 0.3) is 0 Å². The molecule has 0 radical (unpaired) electrons. The van der Waals surface area contributed by atoms with Gasteiger partial charge in [-0.1, -0.05) is 0 Å². The van der Waals surface area contributed by atoms with Gasteiger partial charge < -0.3 is 30.1 Å². The molecule has 0 bridgehead atoms. The summed E-state index contributed by atoms with van der Waals surface area (Å²) in [6.07, 6.45) is -5.89. The maximum atomic E-state index is 11.8. The number of rotatable bonds is 3. The molecule has 0 aromatic carbocycles. The number of hydrogen-bond acceptors (Lipinski definition) is 7. The smallest absolute Gasteiger partial charge is 0.409 e. The second-order valence-electron chi connectivity index (χ2n) is 6.13. The number of carbonyl (C=O) groups is 2. The normalized spacial score (nSPS) is 32.2. The standard InChI is InChI=1S/C13H24N2O7/c1-6(17)14-8-10(19)9(18)7(5-16)21-11(8)15-12(20)22-13(2,3)4/h7-11,16,18-19H,5H2,1-4H3,(H,14,17)(H,15,20)/t7-,8-,9-,10-,11?/m1/s1. The van der Waals surface area contributed by atoms with Crippen LogP contribution in [0.5, 0.6) is 0 Å². The summed E-state index contributed by atoms with van der Waals surface area (Å²) < 4.78 is 10.4. The number of ether oxygens (including phenoxy) is 2. The fourth-order valence-corrected chi connectivity index (χ4v) is 2.06. The van der Waals surface area contributed by atoms with E-state index in [1.165, 1.54) is 6.92 Å². The molecule has 0 aromatic heterocycles. The van der Waals surface area contributed by atoms with E-state index in [-0.39, 0.29) is 0 Å². The monoisotopic (exact) mass is 320 g/mol. The number of alkyl carbamates (subject to hydrolysis) is 1. The fourth-order valence-electron chi connectivity index (χ4n) is 2.06. The summed E-state index contributed by atoms with van der Waals surface area (Å²) in [5.74, 6) is -0.474. The minimum Gasteiger partial charge on any atom is -0.444 e. The Morgan fingerprint density at radius 1 is 1.18 bits per heavy atom. The molecule has 1 heterocycles. The molecule has 1 saturated heterocycles. The highest BCUT2D eigenvalue weighted by molar-refractivity contribution is 5.73. The van der Waals surface area contributed by atoms with Crippen molar-refractivity contribution in [3.05, 3.63) is 0 Å². The molecule has 22 heavy (non-hydrogen) atoms. The lowest BCUT2D eigenvalue weighted by Gasteiger charge is -2.42. The molecular weight excluding hydrogens is 296 g/mol. The average Bonchev–Trinajstić information content (AvgIpc) is 2.35. The molecule has 128 valence electrons. The van der Waals surface area contributed by atoms with Gasteiger partial charge in [-0.2, -0.15) is 0 Å². The van der Waals surface area contributed by atoms with Crippen LogP contribution in [0.3, 0.4) is 0 Å². The van der Waals surface area contributed by atoms with Crippen molar-refractivity contribution in [2.24, 2.45) is 0 Å². The number of aliphatic hydroxyl groups excluding tert-OH is 3. The Morgan fingerprint density at radius 3 is 2.23 bits per heavy atom. The maximum absolute atomic E-state index is 11.8. The van der Waals surface area contributed by atoms with Gasteiger partial charge in [-0.25, -0.2) is 4.79 Å². The van der Waals surface area contributed by atoms with Crippen molar-refractivity contribution in [2.75, 3.05) is 6.61 Å². The molecule has 5 N–H and O–H groups in total. The third-order valence-corrected chi connectivity index (χ3v) is 2.96. The van der Waals surface area contributed by atoms with Crippen LogP contribution in [0.1, 0.15) is 27.7 Å². The first-order valence-corrected chi connectivity index (χ1v) is 6.94. The van der Waals surface area contributed by atoms with Gasteiger partial charge in [0.2, 0.25) is 5.91 Å². The number of aliphatic hydroxyl groups is 3. The third kappa shape index (κ3) is 5.09. The highest BCUT2D eigenvalue weighted by Gasteiger charge is 2.45. The highest BCUT2D eigenvalue weighted by atomic mass is 16.6. The van der Waals surface area contributed by atoms with Crippen LogP contribution < -0.4 is 10.6 Å². The van der Waals surface area contributed by atoms with E-state index < -0.39 is 54.8 Å². The zero-order chi connectivity index (χ0) is 17.1. The number of amides is 2. The molecule has 9 heteroatoms. The molecule has 0 aromatic rings. The van der Waals surface area contributed by atoms with Crippen molar-refractivity contribution in [2.45, 2.75) is 63.9 Å². The first-order valence-electron chi connectivity index (χ1n) is 6.94. The molecule has 1 unspecified atom stereocenters. The van der Waals surface area contributed by atoms with E-state index in [4.69, 9.17) is 14.6 Å². The fraction of sp³-hybridized carbons (Fsp3) is 0.846. The Balaban J connectivity index is 2.85. The Hall–Kier alpha value is -1.42. The van der Waals surface area contributed by atoms with Crippen LogP contribution in [0, 0.1) is 0 Å². The molecule has 0 aliphatic carbocycles. The average molecular weight is 320 g/mol. The van der Waals surface area contributed by atoms with E-state index in [0.717, 1.165) is 0 Å². The zero-order valence-corrected chi connectivity index (χ0v) is 13.1. The summed E-state index contributed by atoms with van der Waals surface area (Å²) in [5, 5.41) is 33.8. The van der Waals surface area contributed by atoms with E-state index in [1.54, 1.807) is 20.8 Å². The molecule has 0 saturated carbocycles. The summed E-state index contributed by atoms with van der Waals surface area (Å²) in [5.41, 5.74) is -0.739. The summed E-state index contributed by atoms with van der Waals surface area (Å²) in [4.78, 5) is 23.0. The van der Waals surface area contributed by atoms with Gasteiger partial charge in [0.1, 0.15) is 30.0 Å². The van der Waals surface area contributed by atoms with Gasteiger partial charge in [0, 0.05) is 6.92 Å². The largest absolute Gasteiger partial charge is 0.444 e. The summed E-state index contributed by atoms with van der Waals surface area (Å²) in [6.45, 7) is 5.69. The van der Waals surface area contributed by atoms with E-state index in [1.807, 2.05) is 0 Å². The van der Waals surface area contributed by atoms with Gasteiger partial charge >= 0.3 is 6.09 Å². The van der Waals surface area contributed by atoms with E-state index in [2.05, 4.69) is 10.6 Å². The van der Waals surface area contributed by atoms with Crippen molar-refractivity contribution in [3.8, 4) is 0 Å². The summed E-state index contributed by atoms with van der Waals surface area (Å²) >= 11 is 0. The minimum absolute atomic E-state index is 0.474. The van der Waals surface area contributed by atoms with E-state index in [9.17, 15) is 19.8 Å². The molecule has 2 amide bonds. The first kappa shape index (κ1) is 18.6. The lowest BCUT2D eigenvalue weighted by atomic mass is 9.96. The third-order valence-electron chi connectivity index (χ3n) is 2.96. The van der Waals surface area contributed by atoms with Crippen LogP contribution in [-0.2, 0) is 14.3 Å². The lowest BCUT2D eigenvalue weighted by molar-refractivity contribution is -0.201. The van der Waals surface area contributed by atoms with Crippen molar-refractivity contribution >= 4 is 12.0 Å². The Kier molecular flexibility index (Phi) is 6.12.